The predicted octanol–water partition coefficient (Wildman–Crippen LogP) is 1.95. The Bertz CT molecular complexity index is 396. The van der Waals surface area contributed by atoms with E-state index < -0.39 is 0 Å². The fourth-order valence-electron chi connectivity index (χ4n) is 3.48. The lowest BCUT2D eigenvalue weighted by Crippen LogP contribution is -2.43. The summed E-state index contributed by atoms with van der Waals surface area (Å²) in [6.07, 6.45) is 4.98. The zero-order valence-electron chi connectivity index (χ0n) is 11.3. The highest BCUT2D eigenvalue weighted by molar-refractivity contribution is 5.37. The van der Waals surface area contributed by atoms with Crippen LogP contribution in [0.3, 0.4) is 0 Å². The van der Waals surface area contributed by atoms with E-state index in [0.717, 1.165) is 12.5 Å². The SMILES string of the molecule is CC[C@H]1C(C2=C3CC3CNN2C)C=C(C)N1C. The van der Waals surface area contributed by atoms with E-state index >= 15 is 0 Å². The van der Waals surface area contributed by atoms with Gasteiger partial charge in [-0.15, -0.1) is 0 Å². The molecule has 17 heavy (non-hydrogen) atoms. The van der Waals surface area contributed by atoms with E-state index in [1.807, 2.05) is 0 Å². The third kappa shape index (κ3) is 1.60. The van der Waals surface area contributed by atoms with Crippen molar-refractivity contribution in [2.24, 2.45) is 11.8 Å². The molecule has 1 fully saturated rings. The maximum Gasteiger partial charge on any atom is 0.0405 e. The first-order chi connectivity index (χ1) is 8.13. The number of allylic oxidation sites excluding steroid dienone is 1. The van der Waals surface area contributed by atoms with Crippen molar-refractivity contribution in [2.45, 2.75) is 32.7 Å². The van der Waals surface area contributed by atoms with Crippen LogP contribution in [-0.2, 0) is 0 Å². The largest absolute Gasteiger partial charge is 0.374 e. The molecule has 0 aromatic heterocycles. The highest BCUT2D eigenvalue weighted by atomic mass is 15.5. The van der Waals surface area contributed by atoms with E-state index in [0.29, 0.717) is 12.0 Å². The lowest BCUT2D eigenvalue weighted by atomic mass is 9.94. The van der Waals surface area contributed by atoms with Crippen LogP contribution >= 0.6 is 0 Å². The van der Waals surface area contributed by atoms with Crippen molar-refractivity contribution in [1.82, 2.24) is 15.3 Å². The Morgan fingerprint density at radius 3 is 2.88 bits per heavy atom. The molecular weight excluding hydrogens is 210 g/mol. The molecule has 1 N–H and O–H groups in total. The van der Waals surface area contributed by atoms with Crippen molar-refractivity contribution >= 4 is 0 Å². The zero-order chi connectivity index (χ0) is 12.2. The predicted molar refractivity (Wildman–Crippen MR) is 70.0 cm³/mol. The molecule has 0 bridgehead atoms. The van der Waals surface area contributed by atoms with Gasteiger partial charge in [0.05, 0.1) is 0 Å². The summed E-state index contributed by atoms with van der Waals surface area (Å²) in [4.78, 5) is 2.44. The fourth-order valence-corrected chi connectivity index (χ4v) is 3.48. The summed E-state index contributed by atoms with van der Waals surface area (Å²) in [5.74, 6) is 1.42. The van der Waals surface area contributed by atoms with Gasteiger partial charge < -0.3 is 9.91 Å². The van der Waals surface area contributed by atoms with Crippen molar-refractivity contribution in [2.75, 3.05) is 20.6 Å². The van der Waals surface area contributed by atoms with Crippen molar-refractivity contribution in [3.8, 4) is 0 Å². The normalized spacial score (nSPS) is 36.2. The Morgan fingerprint density at radius 1 is 1.41 bits per heavy atom. The standard InChI is InChI=1S/C14H23N3/c1-5-13-12(6-9(2)16(13)3)14-11-7-10(11)8-15-17(14)4/h6,10,12-13,15H,5,7-8H2,1-4H3/t10?,12?,13-/m0/s1. The third-order valence-corrected chi connectivity index (χ3v) is 4.69. The van der Waals surface area contributed by atoms with Crippen LogP contribution in [0.15, 0.2) is 23.0 Å². The van der Waals surface area contributed by atoms with Crippen molar-refractivity contribution < 1.29 is 0 Å². The lowest BCUT2D eigenvalue weighted by Gasteiger charge is -2.35. The first-order valence-corrected chi connectivity index (χ1v) is 6.75. The molecule has 0 aromatic rings. The summed E-state index contributed by atoms with van der Waals surface area (Å²) in [6.45, 7) is 5.67. The van der Waals surface area contributed by atoms with Crippen LogP contribution in [0.1, 0.15) is 26.7 Å². The zero-order valence-corrected chi connectivity index (χ0v) is 11.3. The fraction of sp³-hybridized carbons (Fsp3) is 0.714. The maximum absolute atomic E-state index is 3.50. The van der Waals surface area contributed by atoms with E-state index in [2.05, 4.69) is 49.4 Å². The van der Waals surface area contributed by atoms with Crippen LogP contribution in [0.25, 0.3) is 0 Å². The van der Waals surface area contributed by atoms with Gasteiger partial charge in [-0.25, -0.2) is 5.43 Å². The van der Waals surface area contributed by atoms with E-state index in [1.54, 1.807) is 11.3 Å². The molecule has 3 rings (SSSR count). The molecule has 2 aliphatic heterocycles. The summed E-state index contributed by atoms with van der Waals surface area (Å²) < 4.78 is 0. The summed E-state index contributed by atoms with van der Waals surface area (Å²) in [5.41, 5.74) is 8.18. The monoisotopic (exact) mass is 233 g/mol. The van der Waals surface area contributed by atoms with Gasteiger partial charge in [0.15, 0.2) is 0 Å². The summed E-state index contributed by atoms with van der Waals surface area (Å²) >= 11 is 0. The Balaban J connectivity index is 1.94. The molecule has 2 heterocycles. The average molecular weight is 233 g/mol. The van der Waals surface area contributed by atoms with Crippen molar-refractivity contribution in [3.63, 3.8) is 0 Å². The molecule has 2 unspecified atom stereocenters. The second-order valence-electron chi connectivity index (χ2n) is 5.65. The Hall–Kier alpha value is -0.960. The molecule has 0 saturated heterocycles. The highest BCUT2D eigenvalue weighted by Gasteiger charge is 2.43. The van der Waals surface area contributed by atoms with E-state index in [1.165, 1.54) is 18.5 Å². The second-order valence-corrected chi connectivity index (χ2v) is 5.65. The number of hydrogen-bond donors (Lipinski definition) is 1. The lowest BCUT2D eigenvalue weighted by molar-refractivity contribution is 0.216. The van der Waals surface area contributed by atoms with Crippen LogP contribution in [0.2, 0.25) is 0 Å². The smallest absolute Gasteiger partial charge is 0.0405 e. The van der Waals surface area contributed by atoms with Gasteiger partial charge in [0, 0.05) is 44.0 Å². The number of fused-ring (bicyclic) bond motifs is 1. The van der Waals surface area contributed by atoms with Gasteiger partial charge in [0.1, 0.15) is 0 Å². The van der Waals surface area contributed by atoms with Crippen LogP contribution < -0.4 is 5.43 Å². The highest BCUT2D eigenvalue weighted by Crippen LogP contribution is 2.47. The molecule has 0 aromatic carbocycles. The van der Waals surface area contributed by atoms with E-state index in [9.17, 15) is 0 Å². The van der Waals surface area contributed by atoms with Crippen LogP contribution in [0.4, 0.5) is 0 Å². The van der Waals surface area contributed by atoms with Crippen molar-refractivity contribution in [1.29, 1.82) is 0 Å². The minimum atomic E-state index is 0.586. The van der Waals surface area contributed by atoms with Crippen molar-refractivity contribution in [3.05, 3.63) is 23.0 Å². The molecule has 3 nitrogen and oxygen atoms in total. The molecule has 0 spiro atoms. The minimum Gasteiger partial charge on any atom is -0.374 e. The summed E-state index contributed by atoms with van der Waals surface area (Å²) in [5, 5.41) is 2.27. The minimum absolute atomic E-state index is 0.586. The topological polar surface area (TPSA) is 18.5 Å². The van der Waals surface area contributed by atoms with Gasteiger partial charge in [-0.3, -0.25) is 0 Å². The van der Waals surface area contributed by atoms with Gasteiger partial charge in [0.2, 0.25) is 0 Å². The number of hydrazine groups is 1. The van der Waals surface area contributed by atoms with Crippen LogP contribution in [0.5, 0.6) is 0 Å². The number of nitrogens with one attached hydrogen (secondary N) is 1. The Labute approximate surface area is 104 Å². The van der Waals surface area contributed by atoms with E-state index in [4.69, 9.17) is 0 Å². The molecule has 0 amide bonds. The average Bonchev–Trinajstić information content (AvgIpc) is 3.02. The molecule has 0 radical (unpaired) electrons. The van der Waals surface area contributed by atoms with Gasteiger partial charge in [0.25, 0.3) is 0 Å². The number of rotatable bonds is 2. The van der Waals surface area contributed by atoms with Gasteiger partial charge in [-0.1, -0.05) is 13.0 Å². The first-order valence-electron chi connectivity index (χ1n) is 6.75. The molecule has 3 aliphatic rings. The molecule has 3 atom stereocenters. The molecular formula is C14H23N3. The maximum atomic E-state index is 3.50. The third-order valence-electron chi connectivity index (χ3n) is 4.69. The van der Waals surface area contributed by atoms with Crippen LogP contribution in [-0.4, -0.2) is 36.6 Å². The first kappa shape index (κ1) is 11.1. The number of hydrogen-bond acceptors (Lipinski definition) is 3. The quantitative estimate of drug-likeness (QED) is 0.786. The Kier molecular flexibility index (Phi) is 2.47. The van der Waals surface area contributed by atoms with Gasteiger partial charge >= 0.3 is 0 Å². The van der Waals surface area contributed by atoms with Crippen LogP contribution in [0, 0.1) is 11.8 Å². The van der Waals surface area contributed by atoms with Gasteiger partial charge in [-0.05, 0) is 31.3 Å². The summed E-state index contributed by atoms with van der Waals surface area (Å²) in [7, 11) is 4.40. The molecule has 1 saturated carbocycles. The Morgan fingerprint density at radius 2 is 2.18 bits per heavy atom. The number of nitrogens with zero attached hydrogens (tertiary/aromatic N) is 2. The molecule has 3 heteroatoms. The second kappa shape index (κ2) is 3.77. The molecule has 94 valence electrons. The van der Waals surface area contributed by atoms with Gasteiger partial charge in [-0.2, -0.15) is 0 Å². The molecule has 1 aliphatic carbocycles. The summed E-state index contributed by atoms with van der Waals surface area (Å²) in [6, 6.07) is 0.640. The van der Waals surface area contributed by atoms with E-state index in [-0.39, 0.29) is 0 Å².